The lowest BCUT2D eigenvalue weighted by Crippen LogP contribution is -2.27. The Bertz CT molecular complexity index is 851. The first kappa shape index (κ1) is 15.4. The fourth-order valence-electron chi connectivity index (χ4n) is 3.15. The van der Waals surface area contributed by atoms with Crippen LogP contribution in [0.25, 0.3) is 6.08 Å². The number of nitrogens with two attached hydrogens (primary N) is 1. The van der Waals surface area contributed by atoms with Gasteiger partial charge in [-0.15, -0.1) is 0 Å². The molecule has 2 heterocycles. The lowest BCUT2D eigenvalue weighted by atomic mass is 9.98. The number of aryl methyl sites for hydroxylation is 1. The van der Waals surface area contributed by atoms with Crippen molar-refractivity contribution in [2.24, 2.45) is 5.92 Å². The van der Waals surface area contributed by atoms with Crippen molar-refractivity contribution in [3.05, 3.63) is 52.3 Å². The second-order valence-electron chi connectivity index (χ2n) is 6.60. The molecule has 3 nitrogen and oxygen atoms in total. The van der Waals surface area contributed by atoms with Gasteiger partial charge in [-0.25, -0.2) is 4.39 Å². The minimum absolute atomic E-state index is 0.133. The number of benzene rings is 1. The van der Waals surface area contributed by atoms with Crippen LogP contribution in [0.15, 0.2) is 24.3 Å². The minimum atomic E-state index is -0.303. The van der Waals surface area contributed by atoms with Gasteiger partial charge in [0.2, 0.25) is 0 Å². The van der Waals surface area contributed by atoms with Gasteiger partial charge in [0.15, 0.2) is 5.78 Å². The molecular weight excluding hydrogens is 323 g/mol. The number of fused-ring (bicyclic) bond motifs is 1. The number of hydrogen-bond acceptors (Lipinski definition) is 4. The Kier molecular flexibility index (Phi) is 3.68. The summed E-state index contributed by atoms with van der Waals surface area (Å²) in [6.07, 6.45) is 6.66. The third-order valence-electron chi connectivity index (χ3n) is 4.67. The number of nitrogens with zero attached hydrogens (tertiary/aromatic N) is 1. The zero-order chi connectivity index (χ0) is 16.8. The molecule has 0 saturated heterocycles. The molecule has 0 atom stereocenters. The van der Waals surface area contributed by atoms with Crippen molar-refractivity contribution in [1.82, 2.24) is 0 Å². The van der Waals surface area contributed by atoms with E-state index in [0.717, 1.165) is 29.6 Å². The predicted molar refractivity (Wildman–Crippen MR) is 97.3 cm³/mol. The molecule has 1 aliphatic heterocycles. The number of rotatable bonds is 4. The number of carbonyl (C=O) groups is 1. The average molecular weight is 342 g/mol. The van der Waals surface area contributed by atoms with Gasteiger partial charge in [0.1, 0.15) is 10.8 Å². The van der Waals surface area contributed by atoms with Crippen LogP contribution in [0.2, 0.25) is 0 Å². The Morgan fingerprint density at radius 3 is 2.92 bits per heavy atom. The van der Waals surface area contributed by atoms with Crippen LogP contribution in [0, 0.1) is 18.7 Å². The summed E-state index contributed by atoms with van der Waals surface area (Å²) in [7, 11) is 0. The van der Waals surface area contributed by atoms with Gasteiger partial charge in [0, 0.05) is 24.2 Å². The number of nitrogen functional groups attached to an aromatic ring is 1. The number of carbonyl (C=O) groups excluding carboxylic acids is 1. The van der Waals surface area contributed by atoms with Gasteiger partial charge in [-0.2, -0.15) is 0 Å². The van der Waals surface area contributed by atoms with Gasteiger partial charge in [-0.3, -0.25) is 4.79 Å². The highest BCUT2D eigenvalue weighted by Gasteiger charge is 2.30. The van der Waals surface area contributed by atoms with E-state index >= 15 is 0 Å². The van der Waals surface area contributed by atoms with Gasteiger partial charge in [-0.05, 0) is 49.4 Å². The summed E-state index contributed by atoms with van der Waals surface area (Å²) in [4.78, 5) is 15.3. The maximum absolute atomic E-state index is 13.5. The molecular formula is C19H19FN2OS. The highest BCUT2D eigenvalue weighted by atomic mass is 32.1. The molecule has 5 heteroatoms. The summed E-state index contributed by atoms with van der Waals surface area (Å²) in [5.41, 5.74) is 8.61. The van der Waals surface area contributed by atoms with Gasteiger partial charge in [-0.1, -0.05) is 23.5 Å². The van der Waals surface area contributed by atoms with Crippen LogP contribution >= 0.6 is 11.3 Å². The summed E-state index contributed by atoms with van der Waals surface area (Å²) >= 11 is 1.48. The first-order valence-corrected chi connectivity index (χ1v) is 9.01. The highest BCUT2D eigenvalue weighted by molar-refractivity contribution is 7.20. The second kappa shape index (κ2) is 5.74. The smallest absolute Gasteiger partial charge is 0.196 e. The maximum Gasteiger partial charge on any atom is 0.196 e. The molecule has 0 amide bonds. The topological polar surface area (TPSA) is 46.3 Å². The summed E-state index contributed by atoms with van der Waals surface area (Å²) in [6.45, 7) is 3.56. The van der Waals surface area contributed by atoms with Crippen molar-refractivity contribution >= 4 is 33.2 Å². The molecule has 2 N–H and O–H groups in total. The van der Waals surface area contributed by atoms with Crippen molar-refractivity contribution in [2.45, 2.75) is 19.8 Å². The van der Waals surface area contributed by atoms with E-state index in [4.69, 9.17) is 5.73 Å². The predicted octanol–water partition coefficient (Wildman–Crippen LogP) is 4.25. The molecule has 124 valence electrons. The molecule has 4 rings (SSSR count). The second-order valence-corrected chi connectivity index (χ2v) is 7.63. The lowest BCUT2D eigenvalue weighted by molar-refractivity contribution is 0.103. The Hall–Kier alpha value is -2.14. The molecule has 0 unspecified atom stereocenters. The monoisotopic (exact) mass is 342 g/mol. The molecule has 24 heavy (non-hydrogen) atoms. The first-order valence-electron chi connectivity index (χ1n) is 8.19. The van der Waals surface area contributed by atoms with E-state index in [2.05, 4.69) is 11.0 Å². The molecule has 1 fully saturated rings. The Labute approximate surface area is 144 Å². The van der Waals surface area contributed by atoms with Gasteiger partial charge >= 0.3 is 0 Å². The summed E-state index contributed by atoms with van der Waals surface area (Å²) < 4.78 is 13.5. The fraction of sp³-hybridized carbons (Fsp3) is 0.316. The lowest BCUT2D eigenvalue weighted by Gasteiger charge is -2.25. The zero-order valence-electron chi connectivity index (χ0n) is 13.5. The van der Waals surface area contributed by atoms with Gasteiger partial charge in [0.25, 0.3) is 0 Å². The van der Waals surface area contributed by atoms with Crippen LogP contribution in [-0.4, -0.2) is 18.9 Å². The molecule has 2 aliphatic rings. The largest absolute Gasteiger partial charge is 0.390 e. The number of anilines is 2. The van der Waals surface area contributed by atoms with E-state index in [1.54, 1.807) is 13.0 Å². The highest BCUT2D eigenvalue weighted by Crippen LogP contribution is 2.43. The molecule has 1 aromatic carbocycles. The van der Waals surface area contributed by atoms with Gasteiger partial charge < -0.3 is 10.6 Å². The Morgan fingerprint density at radius 2 is 2.21 bits per heavy atom. The van der Waals surface area contributed by atoms with E-state index in [1.807, 2.05) is 6.08 Å². The molecule has 1 saturated carbocycles. The van der Waals surface area contributed by atoms with E-state index in [0.29, 0.717) is 21.7 Å². The Balaban J connectivity index is 1.73. The van der Waals surface area contributed by atoms with Gasteiger partial charge in [0.05, 0.1) is 10.6 Å². The van der Waals surface area contributed by atoms with Crippen molar-refractivity contribution in [2.75, 3.05) is 23.7 Å². The van der Waals surface area contributed by atoms with E-state index in [9.17, 15) is 9.18 Å². The number of hydrogen-bond donors (Lipinski definition) is 1. The third-order valence-corrected chi connectivity index (χ3v) is 5.77. The van der Waals surface area contributed by atoms with Crippen LogP contribution in [-0.2, 0) is 0 Å². The summed E-state index contributed by atoms with van der Waals surface area (Å²) in [5, 5.41) is 1.63. The van der Waals surface area contributed by atoms with Crippen LogP contribution in [0.1, 0.15) is 39.9 Å². The number of ketones is 1. The molecule has 0 bridgehead atoms. The zero-order valence-corrected chi connectivity index (χ0v) is 14.3. The minimum Gasteiger partial charge on any atom is -0.390 e. The molecule has 0 radical (unpaired) electrons. The average Bonchev–Trinajstić information content (AvgIpc) is 3.30. The van der Waals surface area contributed by atoms with Crippen LogP contribution in [0.3, 0.4) is 0 Å². The van der Waals surface area contributed by atoms with E-state index in [-0.39, 0.29) is 11.6 Å². The van der Waals surface area contributed by atoms with Crippen molar-refractivity contribution in [1.29, 1.82) is 0 Å². The fourth-order valence-corrected chi connectivity index (χ4v) is 4.23. The van der Waals surface area contributed by atoms with Crippen LogP contribution in [0.4, 0.5) is 14.4 Å². The third kappa shape index (κ3) is 2.63. The number of halogens is 1. The molecule has 0 spiro atoms. The van der Waals surface area contributed by atoms with Crippen molar-refractivity contribution < 1.29 is 9.18 Å². The summed E-state index contributed by atoms with van der Waals surface area (Å²) in [5.74, 6) is 0.333. The van der Waals surface area contributed by atoms with E-state index in [1.165, 1.54) is 36.3 Å². The molecule has 1 aliphatic carbocycles. The van der Waals surface area contributed by atoms with Crippen LogP contribution in [0.5, 0.6) is 0 Å². The SMILES string of the molecule is Cc1cc(C(=O)c2c(N)sc3c2C=CCN3CC2CC2)ccc1F. The standard InChI is InChI=1S/C19H19FN2OS/c1-11-9-13(6-7-15(11)20)17(23)16-14-3-2-8-22(10-12-4-5-12)19(14)24-18(16)21/h2-3,6-7,9,12H,4-5,8,10,21H2,1H3. The normalized spacial score (nSPS) is 16.3. The Morgan fingerprint density at radius 1 is 1.42 bits per heavy atom. The first-order chi connectivity index (χ1) is 11.5. The maximum atomic E-state index is 13.5. The quantitative estimate of drug-likeness (QED) is 0.845. The van der Waals surface area contributed by atoms with Crippen LogP contribution < -0.4 is 10.6 Å². The molecule has 2 aromatic rings. The molecule has 1 aromatic heterocycles. The number of thiophene rings is 1. The summed E-state index contributed by atoms with van der Waals surface area (Å²) in [6, 6.07) is 4.46. The van der Waals surface area contributed by atoms with E-state index < -0.39 is 0 Å². The van der Waals surface area contributed by atoms with Crippen molar-refractivity contribution in [3.63, 3.8) is 0 Å². The van der Waals surface area contributed by atoms with Crippen molar-refractivity contribution in [3.8, 4) is 0 Å².